The van der Waals surface area contributed by atoms with Gasteiger partial charge in [0.2, 0.25) is 0 Å². The number of alkyl halides is 1. The number of aliphatic hydroxyl groups excluding tert-OH is 2. The molecular formula is C28H33FN2O5. The Morgan fingerprint density at radius 3 is 2.78 bits per heavy atom. The molecule has 8 heteroatoms. The monoisotopic (exact) mass is 496 g/mol. The minimum absolute atomic E-state index is 0.0207. The maximum Gasteiger partial charge on any atom is 0.193 e. The van der Waals surface area contributed by atoms with Gasteiger partial charge in [0, 0.05) is 28.9 Å². The lowest BCUT2D eigenvalue weighted by atomic mass is 9.43. The van der Waals surface area contributed by atoms with Gasteiger partial charge in [-0.1, -0.05) is 25.5 Å². The maximum absolute atomic E-state index is 17.5. The van der Waals surface area contributed by atoms with Crippen LogP contribution in [0.4, 0.5) is 10.1 Å². The first-order valence-corrected chi connectivity index (χ1v) is 12.9. The Morgan fingerprint density at radius 2 is 2.08 bits per heavy atom. The van der Waals surface area contributed by atoms with Crippen molar-refractivity contribution in [3.63, 3.8) is 0 Å². The predicted octanol–water partition coefficient (Wildman–Crippen LogP) is 2.98. The molecule has 1 saturated heterocycles. The van der Waals surface area contributed by atoms with E-state index >= 15 is 4.39 Å². The van der Waals surface area contributed by atoms with Gasteiger partial charge in [-0.2, -0.15) is 0 Å². The molecule has 0 radical (unpaired) electrons. The largest absolute Gasteiger partial charge is 0.390 e. The number of halogens is 1. The number of nitrogens with zero attached hydrogens (tertiary/aromatic N) is 2. The minimum Gasteiger partial charge on any atom is -0.390 e. The Kier molecular flexibility index (Phi) is 5.03. The molecule has 6 rings (SSSR count). The van der Waals surface area contributed by atoms with Crippen LogP contribution >= 0.6 is 0 Å². The molecule has 36 heavy (non-hydrogen) atoms. The number of aliphatic hydroxyl groups is 2. The summed E-state index contributed by atoms with van der Waals surface area (Å²) in [5.41, 5.74) is -3.92. The van der Waals surface area contributed by atoms with E-state index < -0.39 is 46.5 Å². The molecule has 3 saturated carbocycles. The smallest absolute Gasteiger partial charge is 0.193 e. The van der Waals surface area contributed by atoms with E-state index in [1.165, 1.54) is 12.2 Å². The zero-order valence-electron chi connectivity index (χ0n) is 20.9. The van der Waals surface area contributed by atoms with Gasteiger partial charge >= 0.3 is 0 Å². The van der Waals surface area contributed by atoms with E-state index in [4.69, 9.17) is 4.84 Å². The van der Waals surface area contributed by atoms with Crippen molar-refractivity contribution in [3.05, 3.63) is 48.3 Å². The normalized spacial score (nSPS) is 47.1. The van der Waals surface area contributed by atoms with Crippen LogP contribution in [-0.2, 0) is 14.4 Å². The number of carbonyl (C=O) groups is 2. The molecule has 9 atom stereocenters. The first-order chi connectivity index (χ1) is 17.0. The standard InChI is InChI=1S/C28H33FN2O5/c1-16-9-22-21-10-17-14-31(18-5-4-8-30-13-18)36-28(17,24(35)15-32)26(21,3)12-23(34)27(22,29)25(2)7-6-19(33)11-20(16)25/h4-8,11,13,16-17,21-23,32,34H,9-10,12,14-15H2,1-3H3/t16-,17-,21-,22-,23-,25-,26-,27-,28-/m0/s1. The molecule has 0 aromatic carbocycles. The van der Waals surface area contributed by atoms with Gasteiger partial charge < -0.3 is 10.2 Å². The fraction of sp³-hybridized carbons (Fsp3) is 0.607. The lowest BCUT2D eigenvalue weighted by Crippen LogP contribution is -2.70. The van der Waals surface area contributed by atoms with Crippen LogP contribution < -0.4 is 5.06 Å². The van der Waals surface area contributed by atoms with Crippen LogP contribution in [0.1, 0.15) is 40.0 Å². The van der Waals surface area contributed by atoms with Gasteiger partial charge in [0.15, 0.2) is 22.8 Å². The van der Waals surface area contributed by atoms with Crippen molar-refractivity contribution in [2.45, 2.75) is 57.4 Å². The average molecular weight is 497 g/mol. The van der Waals surface area contributed by atoms with Gasteiger partial charge in [-0.25, -0.2) is 4.39 Å². The number of hydroxylamine groups is 1. The number of aromatic nitrogens is 1. The van der Waals surface area contributed by atoms with Crippen molar-refractivity contribution in [1.29, 1.82) is 0 Å². The van der Waals surface area contributed by atoms with Crippen LogP contribution in [0.25, 0.3) is 0 Å². The number of pyridine rings is 1. The summed E-state index contributed by atoms with van der Waals surface area (Å²) in [6.45, 7) is 5.46. The molecule has 1 aromatic rings. The van der Waals surface area contributed by atoms with Crippen molar-refractivity contribution < 1.29 is 29.0 Å². The molecule has 1 aromatic heterocycles. The lowest BCUT2D eigenvalue weighted by Gasteiger charge is -2.63. The molecule has 5 aliphatic rings. The highest BCUT2D eigenvalue weighted by molar-refractivity contribution is 6.01. The Labute approximate surface area is 210 Å². The van der Waals surface area contributed by atoms with E-state index in [0.29, 0.717) is 25.1 Å². The lowest BCUT2D eigenvalue weighted by molar-refractivity contribution is -0.227. The van der Waals surface area contributed by atoms with Crippen molar-refractivity contribution in [3.8, 4) is 0 Å². The number of Topliss-reactive ketones (excluding diaryl/α,β-unsaturated/α-hetero) is 1. The van der Waals surface area contributed by atoms with E-state index in [-0.39, 0.29) is 30.0 Å². The Hall–Kier alpha value is -2.42. The van der Waals surface area contributed by atoms with E-state index in [0.717, 1.165) is 5.57 Å². The molecule has 4 aliphatic carbocycles. The van der Waals surface area contributed by atoms with Crippen LogP contribution in [0, 0.1) is 34.5 Å². The molecule has 0 bridgehead atoms. The van der Waals surface area contributed by atoms with Crippen molar-refractivity contribution in [2.24, 2.45) is 34.5 Å². The van der Waals surface area contributed by atoms with Crippen molar-refractivity contribution in [1.82, 2.24) is 4.98 Å². The second-order valence-corrected chi connectivity index (χ2v) is 11.9. The highest BCUT2D eigenvalue weighted by Crippen LogP contribution is 2.73. The molecule has 0 amide bonds. The molecule has 2 heterocycles. The van der Waals surface area contributed by atoms with Gasteiger partial charge in [0.25, 0.3) is 0 Å². The van der Waals surface area contributed by atoms with Crippen LogP contribution in [0.5, 0.6) is 0 Å². The first kappa shape index (κ1) is 23.9. The second-order valence-electron chi connectivity index (χ2n) is 11.9. The number of allylic oxidation sites excluding steroid dienone is 4. The third-order valence-electron chi connectivity index (χ3n) is 10.5. The molecule has 0 spiro atoms. The van der Waals surface area contributed by atoms with E-state index in [9.17, 15) is 19.8 Å². The highest BCUT2D eigenvalue weighted by Gasteiger charge is 2.79. The number of hydrogen-bond donors (Lipinski definition) is 2. The Morgan fingerprint density at radius 1 is 1.31 bits per heavy atom. The third-order valence-corrected chi connectivity index (χ3v) is 10.5. The minimum atomic E-state index is -1.99. The van der Waals surface area contributed by atoms with E-state index in [1.807, 2.05) is 19.9 Å². The second kappa shape index (κ2) is 7.55. The van der Waals surface area contributed by atoms with Crippen LogP contribution in [0.2, 0.25) is 0 Å². The fourth-order valence-corrected chi connectivity index (χ4v) is 8.92. The topological polar surface area (TPSA) is 100.0 Å². The quantitative estimate of drug-likeness (QED) is 0.664. The number of rotatable bonds is 3. The number of fused-ring (bicyclic) bond motifs is 7. The van der Waals surface area contributed by atoms with Crippen molar-refractivity contribution in [2.75, 3.05) is 18.2 Å². The zero-order chi connectivity index (χ0) is 25.7. The van der Waals surface area contributed by atoms with Crippen LogP contribution in [-0.4, -0.2) is 57.3 Å². The molecule has 7 nitrogen and oxygen atoms in total. The van der Waals surface area contributed by atoms with Gasteiger partial charge in [-0.3, -0.25) is 24.5 Å². The number of carbonyl (C=O) groups excluding carboxylic acids is 2. The fourth-order valence-electron chi connectivity index (χ4n) is 8.92. The molecule has 0 unspecified atom stereocenters. The molecule has 1 aliphatic heterocycles. The molecule has 2 N–H and O–H groups in total. The maximum atomic E-state index is 17.5. The SMILES string of the molecule is C[C@H]1C[C@H]2[C@@H]3C[C@H]4CN(c5cccnc5)O[C@@]4(C(=O)CO)[C@@]3(C)C[C@H](O)[C@]2(F)[C@@]2(C)C=CC(=O)C=C12. The molecule has 192 valence electrons. The van der Waals surface area contributed by atoms with Gasteiger partial charge in [-0.15, -0.1) is 0 Å². The van der Waals surface area contributed by atoms with E-state index in [1.54, 1.807) is 36.5 Å². The number of ketones is 2. The van der Waals surface area contributed by atoms with Gasteiger partial charge in [0.1, 0.15) is 6.61 Å². The van der Waals surface area contributed by atoms with Crippen molar-refractivity contribution >= 4 is 17.3 Å². The van der Waals surface area contributed by atoms with Crippen LogP contribution in [0.3, 0.4) is 0 Å². The van der Waals surface area contributed by atoms with E-state index in [2.05, 4.69) is 4.98 Å². The summed E-state index contributed by atoms with van der Waals surface area (Å²) in [4.78, 5) is 36.4. The summed E-state index contributed by atoms with van der Waals surface area (Å²) >= 11 is 0. The summed E-state index contributed by atoms with van der Waals surface area (Å²) in [7, 11) is 0. The Balaban J connectivity index is 1.46. The Bertz CT molecular complexity index is 1190. The molecule has 4 fully saturated rings. The summed E-state index contributed by atoms with van der Waals surface area (Å²) in [6.07, 6.45) is 7.58. The average Bonchev–Trinajstić information content (AvgIpc) is 3.36. The number of anilines is 1. The summed E-state index contributed by atoms with van der Waals surface area (Å²) < 4.78 is 17.5. The summed E-state index contributed by atoms with van der Waals surface area (Å²) in [5, 5.41) is 23.4. The highest BCUT2D eigenvalue weighted by atomic mass is 19.1. The predicted molar refractivity (Wildman–Crippen MR) is 129 cm³/mol. The number of hydrogen-bond acceptors (Lipinski definition) is 7. The zero-order valence-corrected chi connectivity index (χ0v) is 20.9. The first-order valence-electron chi connectivity index (χ1n) is 12.9. The third kappa shape index (κ3) is 2.65. The van der Waals surface area contributed by atoms with Gasteiger partial charge in [0.05, 0.1) is 24.5 Å². The van der Waals surface area contributed by atoms with Gasteiger partial charge in [-0.05, 0) is 62.3 Å². The van der Waals surface area contributed by atoms with Crippen LogP contribution in [0.15, 0.2) is 48.3 Å². The molecular weight excluding hydrogens is 463 g/mol. The summed E-state index contributed by atoms with van der Waals surface area (Å²) in [6, 6.07) is 3.64. The summed E-state index contributed by atoms with van der Waals surface area (Å²) in [5.74, 6) is -1.69.